The molecule has 3 aromatic rings. The molecule has 3 nitrogen and oxygen atoms in total. The van der Waals surface area contributed by atoms with Gasteiger partial charge in [0.1, 0.15) is 0 Å². The molecular formula is C15H16N2OS. The van der Waals surface area contributed by atoms with Crippen molar-refractivity contribution in [3.05, 3.63) is 51.8 Å². The third kappa shape index (κ3) is 2.17. The van der Waals surface area contributed by atoms with Gasteiger partial charge in [0, 0.05) is 23.7 Å². The number of thiophene rings is 1. The van der Waals surface area contributed by atoms with Gasteiger partial charge in [-0.2, -0.15) is 5.10 Å². The summed E-state index contributed by atoms with van der Waals surface area (Å²) in [5.41, 5.74) is 3.21. The van der Waals surface area contributed by atoms with Gasteiger partial charge in [-0.05, 0) is 30.0 Å². The van der Waals surface area contributed by atoms with Crippen molar-refractivity contribution in [3.8, 4) is 0 Å². The van der Waals surface area contributed by atoms with Gasteiger partial charge >= 0.3 is 0 Å². The maximum absolute atomic E-state index is 10.4. The van der Waals surface area contributed by atoms with E-state index in [0.29, 0.717) is 6.42 Å². The quantitative estimate of drug-likeness (QED) is 0.795. The Morgan fingerprint density at radius 1 is 1.32 bits per heavy atom. The second kappa shape index (κ2) is 4.79. The molecule has 1 atom stereocenters. The smallest absolute Gasteiger partial charge is 0.0940 e. The minimum atomic E-state index is -0.474. The number of hydrogen-bond acceptors (Lipinski definition) is 3. The summed E-state index contributed by atoms with van der Waals surface area (Å²) in [4.78, 5) is 1.04. The van der Waals surface area contributed by atoms with Crippen molar-refractivity contribution >= 4 is 22.2 Å². The topological polar surface area (TPSA) is 38.1 Å². The molecule has 0 aliphatic rings. The van der Waals surface area contributed by atoms with E-state index < -0.39 is 6.10 Å². The lowest BCUT2D eigenvalue weighted by atomic mass is 10.1. The average molecular weight is 272 g/mol. The summed E-state index contributed by atoms with van der Waals surface area (Å²) in [6, 6.07) is 10.2. The molecule has 1 unspecified atom stereocenters. The molecule has 1 N–H and O–H groups in total. The molecule has 0 fully saturated rings. The Bertz CT molecular complexity index is 714. The highest BCUT2D eigenvalue weighted by Crippen LogP contribution is 2.28. The third-order valence-electron chi connectivity index (χ3n) is 3.43. The van der Waals surface area contributed by atoms with Crippen LogP contribution < -0.4 is 0 Å². The van der Waals surface area contributed by atoms with E-state index in [0.717, 1.165) is 27.0 Å². The molecule has 0 aliphatic heterocycles. The largest absolute Gasteiger partial charge is 0.387 e. The van der Waals surface area contributed by atoms with E-state index in [1.807, 2.05) is 42.2 Å². The summed E-state index contributed by atoms with van der Waals surface area (Å²) in [5, 5.41) is 18.0. The predicted molar refractivity (Wildman–Crippen MR) is 78.4 cm³/mol. The molecule has 1 aromatic carbocycles. The number of fused-ring (bicyclic) bond motifs is 1. The van der Waals surface area contributed by atoms with Crippen LogP contribution in [0.15, 0.2) is 35.7 Å². The van der Waals surface area contributed by atoms with Crippen molar-refractivity contribution in [2.45, 2.75) is 19.4 Å². The number of hydrogen-bond donors (Lipinski definition) is 1. The highest BCUT2D eigenvalue weighted by atomic mass is 32.1. The van der Waals surface area contributed by atoms with Gasteiger partial charge in [-0.1, -0.05) is 18.2 Å². The molecule has 19 heavy (non-hydrogen) atoms. The first kappa shape index (κ1) is 12.4. The van der Waals surface area contributed by atoms with Crippen LogP contribution in [-0.4, -0.2) is 14.9 Å². The lowest BCUT2D eigenvalue weighted by Gasteiger charge is -2.08. The van der Waals surface area contributed by atoms with Gasteiger partial charge < -0.3 is 5.11 Å². The Balaban J connectivity index is 1.96. The van der Waals surface area contributed by atoms with Crippen molar-refractivity contribution < 1.29 is 5.11 Å². The Labute approximate surface area is 116 Å². The SMILES string of the molecule is Cc1ccsc1C(O)Cc1nn(C)c2ccccc12. The van der Waals surface area contributed by atoms with Crippen LogP contribution in [0, 0.1) is 6.92 Å². The Morgan fingerprint density at radius 2 is 2.11 bits per heavy atom. The Morgan fingerprint density at radius 3 is 2.84 bits per heavy atom. The number of benzene rings is 1. The number of para-hydroxylation sites is 1. The van der Waals surface area contributed by atoms with E-state index in [1.165, 1.54) is 0 Å². The third-order valence-corrected chi connectivity index (χ3v) is 4.55. The first-order valence-electron chi connectivity index (χ1n) is 6.29. The van der Waals surface area contributed by atoms with Crippen LogP contribution in [-0.2, 0) is 13.5 Å². The molecule has 0 aliphatic carbocycles. The van der Waals surface area contributed by atoms with Gasteiger partial charge in [-0.25, -0.2) is 0 Å². The molecule has 4 heteroatoms. The van der Waals surface area contributed by atoms with Crippen LogP contribution in [0.5, 0.6) is 0 Å². The number of aliphatic hydroxyl groups excluding tert-OH is 1. The summed E-state index contributed by atoms with van der Waals surface area (Å²) >= 11 is 1.60. The molecule has 0 amide bonds. The van der Waals surface area contributed by atoms with Gasteiger partial charge in [-0.3, -0.25) is 4.68 Å². The fourth-order valence-electron chi connectivity index (χ4n) is 2.44. The van der Waals surface area contributed by atoms with Crippen LogP contribution in [0.1, 0.15) is 22.2 Å². The first-order chi connectivity index (χ1) is 9.16. The van der Waals surface area contributed by atoms with Crippen LogP contribution in [0.4, 0.5) is 0 Å². The van der Waals surface area contributed by atoms with Crippen LogP contribution in [0.2, 0.25) is 0 Å². The molecule has 2 aromatic heterocycles. The van der Waals surface area contributed by atoms with Crippen molar-refractivity contribution in [2.24, 2.45) is 7.05 Å². The van der Waals surface area contributed by atoms with Gasteiger partial charge in [0.2, 0.25) is 0 Å². The molecule has 0 radical (unpaired) electrons. The molecule has 98 valence electrons. The minimum absolute atomic E-state index is 0.474. The molecule has 3 rings (SSSR count). The van der Waals surface area contributed by atoms with Crippen molar-refractivity contribution in [3.63, 3.8) is 0 Å². The summed E-state index contributed by atoms with van der Waals surface area (Å²) < 4.78 is 1.87. The normalized spacial score (nSPS) is 13.0. The van der Waals surface area contributed by atoms with Crippen molar-refractivity contribution in [1.82, 2.24) is 9.78 Å². The number of aryl methyl sites for hydroxylation is 2. The van der Waals surface area contributed by atoms with E-state index in [4.69, 9.17) is 0 Å². The standard InChI is InChI=1S/C15H16N2OS/c1-10-7-8-19-15(10)14(18)9-12-11-5-3-4-6-13(11)17(2)16-12/h3-8,14,18H,9H2,1-2H3. The van der Waals surface area contributed by atoms with Gasteiger partial charge in [0.05, 0.1) is 17.3 Å². The van der Waals surface area contributed by atoms with Gasteiger partial charge in [-0.15, -0.1) is 11.3 Å². The van der Waals surface area contributed by atoms with E-state index in [1.54, 1.807) is 11.3 Å². The molecular weight excluding hydrogens is 256 g/mol. The Kier molecular flexibility index (Phi) is 3.12. The molecule has 0 spiro atoms. The lowest BCUT2D eigenvalue weighted by Crippen LogP contribution is -2.02. The first-order valence-corrected chi connectivity index (χ1v) is 7.17. The number of aromatic nitrogens is 2. The van der Waals surface area contributed by atoms with Crippen molar-refractivity contribution in [1.29, 1.82) is 0 Å². The second-order valence-corrected chi connectivity index (χ2v) is 5.72. The highest BCUT2D eigenvalue weighted by molar-refractivity contribution is 7.10. The minimum Gasteiger partial charge on any atom is -0.387 e. The number of rotatable bonds is 3. The van der Waals surface area contributed by atoms with E-state index in [2.05, 4.69) is 17.2 Å². The molecule has 0 bridgehead atoms. The molecule has 0 saturated heterocycles. The van der Waals surface area contributed by atoms with Gasteiger partial charge in [0.25, 0.3) is 0 Å². The van der Waals surface area contributed by atoms with Crippen LogP contribution >= 0.6 is 11.3 Å². The summed E-state index contributed by atoms with van der Waals surface area (Å²) in [7, 11) is 1.94. The number of nitrogens with zero attached hydrogens (tertiary/aromatic N) is 2. The monoisotopic (exact) mass is 272 g/mol. The fourth-order valence-corrected chi connectivity index (χ4v) is 3.35. The number of aliphatic hydroxyl groups is 1. The van der Waals surface area contributed by atoms with E-state index in [9.17, 15) is 5.11 Å². The maximum atomic E-state index is 10.4. The lowest BCUT2D eigenvalue weighted by molar-refractivity contribution is 0.180. The second-order valence-electron chi connectivity index (χ2n) is 4.78. The highest BCUT2D eigenvalue weighted by Gasteiger charge is 2.16. The zero-order chi connectivity index (χ0) is 13.4. The van der Waals surface area contributed by atoms with Crippen molar-refractivity contribution in [2.75, 3.05) is 0 Å². The zero-order valence-electron chi connectivity index (χ0n) is 11.0. The van der Waals surface area contributed by atoms with E-state index >= 15 is 0 Å². The summed E-state index contributed by atoms with van der Waals surface area (Å²) in [6.45, 7) is 2.03. The molecule has 0 saturated carbocycles. The summed E-state index contributed by atoms with van der Waals surface area (Å²) in [6.07, 6.45) is 0.0845. The summed E-state index contributed by atoms with van der Waals surface area (Å²) in [5.74, 6) is 0. The predicted octanol–water partition coefficient (Wildman–Crippen LogP) is 3.22. The average Bonchev–Trinajstić information content (AvgIpc) is 2.95. The maximum Gasteiger partial charge on any atom is 0.0940 e. The zero-order valence-corrected chi connectivity index (χ0v) is 11.8. The molecule has 2 heterocycles. The van der Waals surface area contributed by atoms with Crippen LogP contribution in [0.3, 0.4) is 0 Å². The fraction of sp³-hybridized carbons (Fsp3) is 0.267. The van der Waals surface area contributed by atoms with Gasteiger partial charge in [0.15, 0.2) is 0 Å². The Hall–Kier alpha value is -1.65. The van der Waals surface area contributed by atoms with Crippen LogP contribution in [0.25, 0.3) is 10.9 Å². The van der Waals surface area contributed by atoms with E-state index in [-0.39, 0.29) is 0 Å².